The van der Waals surface area contributed by atoms with E-state index in [1.165, 1.54) is 19.9 Å². The molecule has 160 valence electrons. The van der Waals surface area contributed by atoms with E-state index in [0.29, 0.717) is 11.2 Å². The third-order valence-electron chi connectivity index (χ3n) is 4.89. The topological polar surface area (TPSA) is 102 Å². The predicted octanol–water partition coefficient (Wildman–Crippen LogP) is 2.92. The summed E-state index contributed by atoms with van der Waals surface area (Å²) in [6, 6.07) is 3.23. The molecule has 1 atom stereocenters. The number of aromatic amines is 1. The van der Waals surface area contributed by atoms with Crippen molar-refractivity contribution in [3.05, 3.63) is 41.2 Å². The second-order valence-electron chi connectivity index (χ2n) is 7.42. The quantitative estimate of drug-likeness (QED) is 0.663. The van der Waals surface area contributed by atoms with Crippen LogP contribution in [-0.2, 0) is 16.1 Å². The molecule has 30 heavy (non-hydrogen) atoms. The Balaban J connectivity index is 1.74. The molecule has 0 aliphatic carbocycles. The Bertz CT molecular complexity index is 1040. The van der Waals surface area contributed by atoms with E-state index in [1.807, 2.05) is 0 Å². The number of alkyl halides is 3. The highest BCUT2D eigenvalue weighted by molar-refractivity contribution is 6.05. The Labute approximate surface area is 169 Å². The lowest BCUT2D eigenvalue weighted by Gasteiger charge is -2.26. The zero-order valence-corrected chi connectivity index (χ0v) is 16.2. The van der Waals surface area contributed by atoms with Gasteiger partial charge in [0.05, 0.1) is 30.2 Å². The van der Waals surface area contributed by atoms with Gasteiger partial charge in [-0.2, -0.15) is 13.2 Å². The molecule has 1 aromatic heterocycles. The van der Waals surface area contributed by atoms with Crippen LogP contribution in [0.25, 0.3) is 17.0 Å². The molecule has 2 heterocycles. The molecule has 1 amide bonds. The maximum Gasteiger partial charge on any atom is 0.452 e. The normalized spacial score (nSPS) is 14.7. The number of carbonyl (C=O) groups excluding carboxylic acids is 2. The molecular formula is C20H20F3N3O4. The lowest BCUT2D eigenvalue weighted by molar-refractivity contribution is -0.174. The van der Waals surface area contributed by atoms with Crippen molar-refractivity contribution < 1.29 is 32.7 Å². The molecule has 0 bridgehead atoms. The highest BCUT2D eigenvalue weighted by Crippen LogP contribution is 2.30. The first-order chi connectivity index (χ1) is 14.0. The maximum atomic E-state index is 12.8. The molecule has 1 aromatic carbocycles. The van der Waals surface area contributed by atoms with Crippen molar-refractivity contribution in [2.75, 3.05) is 6.54 Å². The molecule has 3 N–H and O–H groups in total. The number of carboxylic acids is 1. The van der Waals surface area contributed by atoms with E-state index in [1.54, 1.807) is 29.3 Å². The van der Waals surface area contributed by atoms with E-state index >= 15 is 0 Å². The highest BCUT2D eigenvalue weighted by atomic mass is 19.4. The predicted molar refractivity (Wildman–Crippen MR) is 103 cm³/mol. The van der Waals surface area contributed by atoms with Crippen LogP contribution >= 0.6 is 0 Å². The second-order valence-corrected chi connectivity index (χ2v) is 7.42. The molecule has 0 saturated heterocycles. The van der Waals surface area contributed by atoms with E-state index in [4.69, 9.17) is 0 Å². The number of aromatic nitrogens is 1. The average Bonchev–Trinajstić information content (AvgIpc) is 3.02. The second kappa shape index (κ2) is 7.85. The number of halogens is 3. The summed E-state index contributed by atoms with van der Waals surface area (Å²) in [6.07, 6.45) is -1.72. The Morgan fingerprint density at radius 1 is 1.27 bits per heavy atom. The number of aromatic carboxylic acids is 1. The zero-order chi connectivity index (χ0) is 22.2. The van der Waals surface area contributed by atoms with E-state index in [0.717, 1.165) is 10.9 Å². The van der Waals surface area contributed by atoms with Crippen LogP contribution in [0.4, 0.5) is 13.2 Å². The fraction of sp³-hybridized carbons (Fsp3) is 0.350. The van der Waals surface area contributed by atoms with Crippen molar-refractivity contribution in [1.82, 2.24) is 15.2 Å². The number of Topliss-reactive ketones (excluding diaryl/α,β-unsaturated/α-hetero) is 1. The summed E-state index contributed by atoms with van der Waals surface area (Å²) in [5.74, 6) is -4.51. The van der Waals surface area contributed by atoms with Crippen LogP contribution in [0.5, 0.6) is 0 Å². The first-order valence-corrected chi connectivity index (χ1v) is 9.18. The lowest BCUT2D eigenvalue weighted by atomic mass is 9.99. The molecule has 0 saturated carbocycles. The number of para-hydroxylation sites is 1. The number of rotatable bonds is 6. The summed E-state index contributed by atoms with van der Waals surface area (Å²) in [5.41, 5.74) is 2.05. The number of nitrogens with zero attached hydrogens (tertiary/aromatic N) is 1. The molecule has 1 unspecified atom stereocenters. The van der Waals surface area contributed by atoms with Gasteiger partial charge in [0.2, 0.25) is 5.91 Å². The van der Waals surface area contributed by atoms with Crippen molar-refractivity contribution in [2.45, 2.75) is 32.6 Å². The minimum atomic E-state index is -5.03. The molecular weight excluding hydrogens is 403 g/mol. The van der Waals surface area contributed by atoms with Crippen LogP contribution in [0.3, 0.4) is 0 Å². The van der Waals surface area contributed by atoms with E-state index in [-0.39, 0.29) is 18.7 Å². The average molecular weight is 423 g/mol. The van der Waals surface area contributed by atoms with Gasteiger partial charge in [-0.1, -0.05) is 26.0 Å². The van der Waals surface area contributed by atoms with Gasteiger partial charge in [-0.15, -0.1) is 0 Å². The monoisotopic (exact) mass is 423 g/mol. The smallest absolute Gasteiger partial charge is 0.452 e. The summed E-state index contributed by atoms with van der Waals surface area (Å²) in [5, 5.41) is 12.2. The van der Waals surface area contributed by atoms with Gasteiger partial charge in [-0.05, 0) is 18.1 Å². The third kappa shape index (κ3) is 4.17. The highest BCUT2D eigenvalue weighted by Gasteiger charge is 2.45. The maximum absolute atomic E-state index is 12.8. The van der Waals surface area contributed by atoms with Crippen LogP contribution in [0, 0.1) is 5.92 Å². The van der Waals surface area contributed by atoms with Gasteiger partial charge in [0.25, 0.3) is 5.78 Å². The number of amides is 1. The molecule has 1 aliphatic rings. The largest absolute Gasteiger partial charge is 0.478 e. The molecule has 7 nitrogen and oxygen atoms in total. The number of benzene rings is 1. The Morgan fingerprint density at radius 2 is 1.97 bits per heavy atom. The number of hydrogen-bond donors (Lipinski definition) is 3. The van der Waals surface area contributed by atoms with Crippen LogP contribution in [0.15, 0.2) is 24.4 Å². The van der Waals surface area contributed by atoms with Gasteiger partial charge in [-0.3, -0.25) is 9.59 Å². The van der Waals surface area contributed by atoms with Crippen LogP contribution in [-0.4, -0.2) is 51.4 Å². The minimum absolute atomic E-state index is 0.116. The van der Waals surface area contributed by atoms with Crippen molar-refractivity contribution in [1.29, 1.82) is 0 Å². The number of hydrogen-bond acceptors (Lipinski definition) is 4. The minimum Gasteiger partial charge on any atom is -0.478 e. The van der Waals surface area contributed by atoms with Crippen molar-refractivity contribution in [2.24, 2.45) is 5.92 Å². The fourth-order valence-corrected chi connectivity index (χ4v) is 3.44. The SMILES string of the molecule is CC(C)C(NC(=O)CN1C=Cc2c([nH]c3c(C(=O)O)cccc23)C1)C(=O)C(F)(F)F. The molecule has 2 aromatic rings. The molecule has 0 fully saturated rings. The van der Waals surface area contributed by atoms with Gasteiger partial charge < -0.3 is 20.3 Å². The molecule has 10 heteroatoms. The lowest BCUT2D eigenvalue weighted by Crippen LogP contribution is -2.51. The van der Waals surface area contributed by atoms with Crippen molar-refractivity contribution in [3.63, 3.8) is 0 Å². The number of carboxylic acid groups (broad SMARTS) is 1. The molecule has 3 rings (SSSR count). The van der Waals surface area contributed by atoms with Crippen LogP contribution < -0.4 is 5.32 Å². The molecule has 1 aliphatic heterocycles. The number of H-pyrrole nitrogens is 1. The Kier molecular flexibility index (Phi) is 5.60. The first-order valence-electron chi connectivity index (χ1n) is 9.18. The number of fused-ring (bicyclic) bond motifs is 3. The van der Waals surface area contributed by atoms with Crippen LogP contribution in [0.2, 0.25) is 0 Å². The number of carbonyl (C=O) groups is 3. The first kappa shape index (κ1) is 21.4. The molecule has 0 radical (unpaired) electrons. The van der Waals surface area contributed by atoms with E-state index in [2.05, 4.69) is 10.3 Å². The van der Waals surface area contributed by atoms with Gasteiger partial charge in [-0.25, -0.2) is 4.79 Å². The van der Waals surface area contributed by atoms with Gasteiger partial charge in [0, 0.05) is 22.8 Å². The fourth-order valence-electron chi connectivity index (χ4n) is 3.44. The van der Waals surface area contributed by atoms with Crippen molar-refractivity contribution >= 4 is 34.6 Å². The van der Waals surface area contributed by atoms with Gasteiger partial charge >= 0.3 is 12.1 Å². The van der Waals surface area contributed by atoms with E-state index < -0.39 is 35.8 Å². The van der Waals surface area contributed by atoms with Crippen LogP contribution in [0.1, 0.15) is 35.5 Å². The molecule has 0 spiro atoms. The van der Waals surface area contributed by atoms with Crippen molar-refractivity contribution in [3.8, 4) is 0 Å². The summed E-state index contributed by atoms with van der Waals surface area (Å²) in [7, 11) is 0. The van der Waals surface area contributed by atoms with Gasteiger partial charge in [0.15, 0.2) is 0 Å². The number of nitrogens with one attached hydrogen (secondary N) is 2. The zero-order valence-electron chi connectivity index (χ0n) is 16.2. The summed E-state index contributed by atoms with van der Waals surface area (Å²) in [4.78, 5) is 39.9. The summed E-state index contributed by atoms with van der Waals surface area (Å²) < 4.78 is 38.3. The van der Waals surface area contributed by atoms with Gasteiger partial charge in [0.1, 0.15) is 0 Å². The standard InChI is InChI=1S/C20H20F3N3O4/c1-10(2)16(18(28)20(21,22)23)25-15(27)9-26-7-6-11-12-4-3-5-13(19(29)30)17(12)24-14(11)8-26/h3-7,10,16,24H,8-9H2,1-2H3,(H,25,27)(H,29,30). The Morgan fingerprint density at radius 3 is 2.57 bits per heavy atom. The number of ketones is 1. The summed E-state index contributed by atoms with van der Waals surface area (Å²) >= 11 is 0. The van der Waals surface area contributed by atoms with E-state index in [9.17, 15) is 32.7 Å². The Hall–Kier alpha value is -3.30. The summed E-state index contributed by atoms with van der Waals surface area (Å²) in [6.45, 7) is 2.82. The third-order valence-corrected chi connectivity index (χ3v) is 4.89.